The van der Waals surface area contributed by atoms with E-state index in [9.17, 15) is 5.11 Å². The fraction of sp³-hybridized carbons (Fsp3) is 0.625. The number of fused-ring (bicyclic) bond motifs is 1. The smallest absolute Gasteiger partial charge is 0.161 e. The third kappa shape index (κ3) is 4.12. The van der Waals surface area contributed by atoms with Crippen LogP contribution >= 0.6 is 0 Å². The lowest BCUT2D eigenvalue weighted by Crippen LogP contribution is -2.28. The molecule has 0 aliphatic carbocycles. The number of hydrogen-bond acceptors (Lipinski definition) is 4. The first-order valence-corrected chi connectivity index (χ1v) is 7.32. The number of rotatable bonds is 5. The zero-order valence-electron chi connectivity index (χ0n) is 12.6. The molecule has 4 nitrogen and oxygen atoms in total. The molecule has 1 atom stereocenters. The Bertz CT molecular complexity index is 434. The van der Waals surface area contributed by atoms with E-state index in [0.717, 1.165) is 30.0 Å². The summed E-state index contributed by atoms with van der Waals surface area (Å²) in [4.78, 5) is 2.15. The summed E-state index contributed by atoms with van der Waals surface area (Å²) in [6, 6.07) is 5.71. The minimum Gasteiger partial charge on any atom is -0.490 e. The third-order valence-corrected chi connectivity index (χ3v) is 3.32. The molecule has 1 aromatic rings. The van der Waals surface area contributed by atoms with Crippen molar-refractivity contribution in [3.05, 3.63) is 23.8 Å². The van der Waals surface area contributed by atoms with Gasteiger partial charge < -0.3 is 19.5 Å². The van der Waals surface area contributed by atoms with Crippen molar-refractivity contribution in [2.45, 2.75) is 26.4 Å². The topological polar surface area (TPSA) is 41.9 Å². The van der Waals surface area contributed by atoms with Crippen molar-refractivity contribution in [1.82, 2.24) is 4.90 Å². The quantitative estimate of drug-likeness (QED) is 0.899. The van der Waals surface area contributed by atoms with Gasteiger partial charge in [-0.1, -0.05) is 19.9 Å². The van der Waals surface area contributed by atoms with Crippen molar-refractivity contribution in [2.75, 3.05) is 33.4 Å². The highest BCUT2D eigenvalue weighted by molar-refractivity contribution is 5.44. The van der Waals surface area contributed by atoms with Gasteiger partial charge in [-0.25, -0.2) is 0 Å². The van der Waals surface area contributed by atoms with Gasteiger partial charge in [0, 0.05) is 19.5 Å². The van der Waals surface area contributed by atoms with Gasteiger partial charge in [0.2, 0.25) is 0 Å². The van der Waals surface area contributed by atoms with Crippen LogP contribution in [0.4, 0.5) is 0 Å². The van der Waals surface area contributed by atoms with Crippen LogP contribution in [0.5, 0.6) is 11.5 Å². The largest absolute Gasteiger partial charge is 0.490 e. The molecule has 0 amide bonds. The molecule has 1 N–H and O–H groups in total. The van der Waals surface area contributed by atoms with Crippen molar-refractivity contribution in [3.63, 3.8) is 0 Å². The van der Waals surface area contributed by atoms with Crippen LogP contribution in [0.25, 0.3) is 0 Å². The summed E-state index contributed by atoms with van der Waals surface area (Å²) in [6.07, 6.45) is 0.389. The van der Waals surface area contributed by atoms with Gasteiger partial charge in [-0.15, -0.1) is 0 Å². The summed E-state index contributed by atoms with van der Waals surface area (Å²) >= 11 is 0. The van der Waals surface area contributed by atoms with E-state index in [1.807, 2.05) is 25.2 Å². The first-order valence-electron chi connectivity index (χ1n) is 7.32. The Morgan fingerprint density at radius 2 is 1.85 bits per heavy atom. The Morgan fingerprint density at radius 3 is 2.55 bits per heavy atom. The molecule has 1 unspecified atom stereocenters. The second-order valence-corrected chi connectivity index (χ2v) is 5.89. The Balaban J connectivity index is 2.03. The van der Waals surface area contributed by atoms with Gasteiger partial charge in [0.25, 0.3) is 0 Å². The van der Waals surface area contributed by atoms with Gasteiger partial charge >= 0.3 is 0 Å². The van der Waals surface area contributed by atoms with Crippen LogP contribution in [-0.4, -0.2) is 43.4 Å². The Morgan fingerprint density at radius 1 is 1.15 bits per heavy atom. The molecule has 1 aromatic carbocycles. The molecule has 1 aliphatic rings. The van der Waals surface area contributed by atoms with Crippen LogP contribution in [0.3, 0.4) is 0 Å². The molecule has 0 fully saturated rings. The molecule has 1 heterocycles. The number of aliphatic hydroxyl groups is 1. The van der Waals surface area contributed by atoms with Gasteiger partial charge in [-0.05, 0) is 30.7 Å². The molecule has 0 spiro atoms. The molecular formula is C16H25NO3. The maximum atomic E-state index is 10.3. The monoisotopic (exact) mass is 279 g/mol. The SMILES string of the molecule is CC(C)CN(C)CC(O)c1ccc2c(c1)OCCCO2. The van der Waals surface area contributed by atoms with Crippen LogP contribution in [0.1, 0.15) is 31.9 Å². The highest BCUT2D eigenvalue weighted by Crippen LogP contribution is 2.32. The van der Waals surface area contributed by atoms with Gasteiger partial charge in [0.15, 0.2) is 11.5 Å². The van der Waals surface area contributed by atoms with Gasteiger partial charge in [-0.2, -0.15) is 0 Å². The van der Waals surface area contributed by atoms with Crippen LogP contribution < -0.4 is 9.47 Å². The molecule has 112 valence electrons. The van der Waals surface area contributed by atoms with Crippen molar-refractivity contribution < 1.29 is 14.6 Å². The molecule has 0 saturated heterocycles. The molecule has 0 aromatic heterocycles. The number of ether oxygens (including phenoxy) is 2. The lowest BCUT2D eigenvalue weighted by Gasteiger charge is -2.22. The van der Waals surface area contributed by atoms with Crippen LogP contribution in [-0.2, 0) is 0 Å². The summed E-state index contributed by atoms with van der Waals surface area (Å²) in [6.45, 7) is 7.30. The number of nitrogens with zero attached hydrogens (tertiary/aromatic N) is 1. The van der Waals surface area contributed by atoms with Gasteiger partial charge in [0.05, 0.1) is 19.3 Å². The lowest BCUT2D eigenvalue weighted by atomic mass is 10.1. The van der Waals surface area contributed by atoms with E-state index in [0.29, 0.717) is 25.7 Å². The first kappa shape index (κ1) is 15.1. The molecule has 0 saturated carbocycles. The van der Waals surface area contributed by atoms with Crippen LogP contribution in [0.2, 0.25) is 0 Å². The Labute approximate surface area is 121 Å². The molecular weight excluding hydrogens is 254 g/mol. The average Bonchev–Trinajstić information content (AvgIpc) is 2.61. The van der Waals surface area contributed by atoms with Crippen molar-refractivity contribution in [2.24, 2.45) is 5.92 Å². The van der Waals surface area contributed by atoms with E-state index < -0.39 is 6.10 Å². The summed E-state index contributed by atoms with van der Waals surface area (Å²) < 4.78 is 11.3. The Kier molecular flexibility index (Phi) is 5.26. The predicted octanol–water partition coefficient (Wildman–Crippen LogP) is 2.47. The Hall–Kier alpha value is -1.26. The number of likely N-dealkylation sites (N-methyl/N-ethyl adjacent to an activating group) is 1. The number of hydrogen-bond donors (Lipinski definition) is 1. The summed E-state index contributed by atoms with van der Waals surface area (Å²) in [5.41, 5.74) is 0.879. The minimum atomic E-state index is -0.504. The lowest BCUT2D eigenvalue weighted by molar-refractivity contribution is 0.120. The van der Waals surface area contributed by atoms with E-state index in [1.165, 1.54) is 0 Å². The van der Waals surface area contributed by atoms with Crippen molar-refractivity contribution in [3.8, 4) is 11.5 Å². The van der Waals surface area contributed by atoms with Gasteiger partial charge in [-0.3, -0.25) is 0 Å². The second-order valence-electron chi connectivity index (χ2n) is 5.89. The van der Waals surface area contributed by atoms with E-state index in [2.05, 4.69) is 18.7 Å². The molecule has 2 rings (SSSR count). The standard InChI is InChI=1S/C16H25NO3/c1-12(2)10-17(3)11-14(18)13-5-6-15-16(9-13)20-8-4-7-19-15/h5-6,9,12,14,18H,4,7-8,10-11H2,1-3H3. The first-order chi connectivity index (χ1) is 9.56. The third-order valence-electron chi connectivity index (χ3n) is 3.32. The average molecular weight is 279 g/mol. The van der Waals surface area contributed by atoms with Crippen molar-refractivity contribution >= 4 is 0 Å². The van der Waals surface area contributed by atoms with E-state index >= 15 is 0 Å². The van der Waals surface area contributed by atoms with E-state index in [1.54, 1.807) is 0 Å². The van der Waals surface area contributed by atoms with Gasteiger partial charge in [0.1, 0.15) is 0 Å². The molecule has 20 heavy (non-hydrogen) atoms. The zero-order chi connectivity index (χ0) is 14.5. The fourth-order valence-electron chi connectivity index (χ4n) is 2.49. The predicted molar refractivity (Wildman–Crippen MR) is 79.3 cm³/mol. The van der Waals surface area contributed by atoms with E-state index in [-0.39, 0.29) is 0 Å². The van der Waals surface area contributed by atoms with Crippen molar-refractivity contribution in [1.29, 1.82) is 0 Å². The molecule has 0 radical (unpaired) electrons. The maximum absolute atomic E-state index is 10.3. The highest BCUT2D eigenvalue weighted by atomic mass is 16.5. The molecule has 1 aliphatic heterocycles. The summed E-state index contributed by atoms with van der Waals surface area (Å²) in [5, 5.41) is 10.3. The highest BCUT2D eigenvalue weighted by Gasteiger charge is 2.16. The second kappa shape index (κ2) is 6.95. The normalized spacial score (nSPS) is 16.3. The van der Waals surface area contributed by atoms with Crippen LogP contribution in [0.15, 0.2) is 18.2 Å². The molecule has 0 bridgehead atoms. The number of benzene rings is 1. The van der Waals surface area contributed by atoms with Crippen LogP contribution in [0, 0.1) is 5.92 Å². The number of aliphatic hydroxyl groups excluding tert-OH is 1. The zero-order valence-corrected chi connectivity index (χ0v) is 12.6. The minimum absolute atomic E-state index is 0.504. The fourth-order valence-corrected chi connectivity index (χ4v) is 2.49. The maximum Gasteiger partial charge on any atom is 0.161 e. The van der Waals surface area contributed by atoms with E-state index in [4.69, 9.17) is 9.47 Å². The summed E-state index contributed by atoms with van der Waals surface area (Å²) in [5.74, 6) is 2.11. The summed E-state index contributed by atoms with van der Waals surface area (Å²) in [7, 11) is 2.03. The molecule has 4 heteroatoms.